The van der Waals surface area contributed by atoms with Crippen LogP contribution in [0.25, 0.3) is 10.9 Å². The Balaban J connectivity index is 1.77. The van der Waals surface area contributed by atoms with Crippen molar-refractivity contribution in [1.82, 2.24) is 9.88 Å². The van der Waals surface area contributed by atoms with Gasteiger partial charge in [-0.3, -0.25) is 9.69 Å². The molecular weight excluding hydrogens is 401 g/mol. The van der Waals surface area contributed by atoms with Crippen molar-refractivity contribution in [1.29, 1.82) is 5.26 Å². The summed E-state index contributed by atoms with van der Waals surface area (Å²) in [5.41, 5.74) is 5.00. The lowest BCUT2D eigenvalue weighted by molar-refractivity contribution is 0.216. The third-order valence-corrected chi connectivity index (χ3v) is 5.80. The molecule has 0 aliphatic carbocycles. The summed E-state index contributed by atoms with van der Waals surface area (Å²) < 4.78 is 13.4. The number of nitriles is 1. The summed E-state index contributed by atoms with van der Waals surface area (Å²) in [5.74, 6) is -0.308. The summed E-state index contributed by atoms with van der Waals surface area (Å²) in [5, 5.41) is 11.0. The van der Waals surface area contributed by atoms with Crippen molar-refractivity contribution in [3.05, 3.63) is 117 Å². The molecule has 4 nitrogen and oxygen atoms in total. The number of aromatic amines is 1. The molecule has 0 radical (unpaired) electrons. The number of nitrogens with one attached hydrogen (secondary N) is 1. The van der Waals surface area contributed by atoms with E-state index in [9.17, 15) is 14.4 Å². The standard InChI is InChI=1S/C27H24FN3O/c1-18-12-22-14-24(27(32)30-25(22)13-19(18)2)26(15-29)31(16-20-6-4-3-5-7-20)17-21-8-10-23(28)11-9-21/h3-14,26H,16-17H2,1-2H3,(H,30,32). The number of fused-ring (bicyclic) bond motifs is 1. The van der Waals surface area contributed by atoms with E-state index >= 15 is 0 Å². The van der Waals surface area contributed by atoms with Gasteiger partial charge in [-0.25, -0.2) is 4.39 Å². The van der Waals surface area contributed by atoms with Crippen LogP contribution in [0.5, 0.6) is 0 Å². The van der Waals surface area contributed by atoms with Crippen molar-refractivity contribution >= 4 is 10.9 Å². The van der Waals surface area contributed by atoms with E-state index in [4.69, 9.17) is 0 Å². The highest BCUT2D eigenvalue weighted by molar-refractivity contribution is 5.81. The van der Waals surface area contributed by atoms with Crippen molar-refractivity contribution in [3.63, 3.8) is 0 Å². The zero-order valence-corrected chi connectivity index (χ0v) is 18.1. The Hall–Kier alpha value is -3.75. The summed E-state index contributed by atoms with van der Waals surface area (Å²) in [6.07, 6.45) is 0. The average Bonchev–Trinajstić information content (AvgIpc) is 2.78. The Morgan fingerprint density at radius 2 is 1.56 bits per heavy atom. The highest BCUT2D eigenvalue weighted by Crippen LogP contribution is 2.26. The lowest BCUT2D eigenvalue weighted by Crippen LogP contribution is -2.31. The van der Waals surface area contributed by atoms with Gasteiger partial charge in [0.25, 0.3) is 5.56 Å². The van der Waals surface area contributed by atoms with Crippen molar-refractivity contribution in [2.75, 3.05) is 0 Å². The van der Waals surface area contributed by atoms with Gasteiger partial charge in [0.15, 0.2) is 0 Å². The van der Waals surface area contributed by atoms with E-state index < -0.39 is 6.04 Å². The lowest BCUT2D eigenvalue weighted by Gasteiger charge is -2.27. The minimum absolute atomic E-state index is 0.274. The molecule has 4 rings (SSSR count). The largest absolute Gasteiger partial charge is 0.322 e. The van der Waals surface area contributed by atoms with Gasteiger partial charge in [0.2, 0.25) is 0 Å². The van der Waals surface area contributed by atoms with Crippen LogP contribution in [0.2, 0.25) is 0 Å². The van der Waals surface area contributed by atoms with E-state index in [0.29, 0.717) is 18.7 Å². The highest BCUT2D eigenvalue weighted by Gasteiger charge is 2.24. The van der Waals surface area contributed by atoms with Gasteiger partial charge in [-0.15, -0.1) is 0 Å². The molecule has 1 N–H and O–H groups in total. The molecule has 1 atom stereocenters. The van der Waals surface area contributed by atoms with E-state index in [0.717, 1.165) is 33.2 Å². The molecule has 0 fully saturated rings. The fourth-order valence-corrected chi connectivity index (χ4v) is 3.93. The first-order valence-corrected chi connectivity index (χ1v) is 10.5. The number of benzene rings is 3. The van der Waals surface area contributed by atoms with Crippen LogP contribution in [0.4, 0.5) is 4.39 Å². The summed E-state index contributed by atoms with van der Waals surface area (Å²) >= 11 is 0. The number of halogens is 1. The van der Waals surface area contributed by atoms with E-state index in [2.05, 4.69) is 11.1 Å². The van der Waals surface area contributed by atoms with Crippen LogP contribution in [0.15, 0.2) is 77.6 Å². The second-order valence-electron chi connectivity index (χ2n) is 8.13. The predicted molar refractivity (Wildman–Crippen MR) is 124 cm³/mol. The molecule has 4 aromatic rings. The molecular formula is C27H24FN3O. The number of nitrogens with zero attached hydrogens (tertiary/aromatic N) is 2. The van der Waals surface area contributed by atoms with Crippen LogP contribution in [0, 0.1) is 31.0 Å². The van der Waals surface area contributed by atoms with Crippen molar-refractivity contribution < 1.29 is 4.39 Å². The molecule has 1 aromatic heterocycles. The molecule has 1 unspecified atom stereocenters. The zero-order valence-electron chi connectivity index (χ0n) is 18.1. The third-order valence-electron chi connectivity index (χ3n) is 5.80. The summed E-state index contributed by atoms with van der Waals surface area (Å²) in [7, 11) is 0. The van der Waals surface area contributed by atoms with E-state index in [1.54, 1.807) is 12.1 Å². The fourth-order valence-electron chi connectivity index (χ4n) is 3.93. The maximum Gasteiger partial charge on any atom is 0.254 e. The molecule has 0 spiro atoms. The van der Waals surface area contributed by atoms with Gasteiger partial charge in [0.05, 0.1) is 6.07 Å². The number of H-pyrrole nitrogens is 1. The summed E-state index contributed by atoms with van der Waals surface area (Å²) in [4.78, 5) is 17.9. The van der Waals surface area contributed by atoms with Crippen LogP contribution < -0.4 is 5.56 Å². The number of pyridine rings is 1. The molecule has 0 saturated carbocycles. The molecule has 0 saturated heterocycles. The quantitative estimate of drug-likeness (QED) is 0.441. The summed E-state index contributed by atoms with van der Waals surface area (Å²) in [6, 6.07) is 23.4. The molecule has 1 heterocycles. The number of hydrogen-bond acceptors (Lipinski definition) is 3. The second-order valence-corrected chi connectivity index (χ2v) is 8.13. The zero-order chi connectivity index (χ0) is 22.7. The minimum atomic E-state index is -0.769. The van der Waals surface area contributed by atoms with Crippen molar-refractivity contribution in [2.24, 2.45) is 0 Å². The predicted octanol–water partition coefficient (Wildman–Crippen LogP) is 5.55. The third kappa shape index (κ3) is 4.61. The molecule has 160 valence electrons. The van der Waals surface area contributed by atoms with Crippen molar-refractivity contribution in [3.8, 4) is 6.07 Å². The number of aryl methyl sites for hydroxylation is 2. The Morgan fingerprint density at radius 1 is 0.938 bits per heavy atom. The van der Waals surface area contributed by atoms with E-state index in [1.165, 1.54) is 12.1 Å². The van der Waals surface area contributed by atoms with Crippen LogP contribution in [-0.4, -0.2) is 9.88 Å². The molecule has 0 aliphatic heterocycles. The molecule has 32 heavy (non-hydrogen) atoms. The smallest absolute Gasteiger partial charge is 0.254 e. The Morgan fingerprint density at radius 3 is 2.22 bits per heavy atom. The van der Waals surface area contributed by atoms with Gasteiger partial charge in [-0.1, -0.05) is 42.5 Å². The molecule has 0 amide bonds. The van der Waals surface area contributed by atoms with Crippen molar-refractivity contribution in [2.45, 2.75) is 33.0 Å². The topological polar surface area (TPSA) is 59.9 Å². The van der Waals surface area contributed by atoms with Gasteiger partial charge in [-0.05, 0) is 71.8 Å². The van der Waals surface area contributed by atoms with Crippen LogP contribution >= 0.6 is 0 Å². The molecule has 0 aliphatic rings. The van der Waals surface area contributed by atoms with E-state index in [1.807, 2.05) is 67.3 Å². The van der Waals surface area contributed by atoms with Crippen LogP contribution in [0.3, 0.4) is 0 Å². The fraction of sp³-hybridized carbons (Fsp3) is 0.185. The number of aromatic nitrogens is 1. The molecule has 3 aromatic carbocycles. The van der Waals surface area contributed by atoms with E-state index in [-0.39, 0.29) is 11.4 Å². The molecule has 0 bridgehead atoms. The number of rotatable bonds is 6. The van der Waals surface area contributed by atoms with Gasteiger partial charge in [0, 0.05) is 24.2 Å². The van der Waals surface area contributed by atoms with Crippen LogP contribution in [0.1, 0.15) is 33.9 Å². The SMILES string of the molecule is Cc1cc2cc(C(C#N)N(Cc3ccccc3)Cc3ccc(F)cc3)c(=O)[nH]c2cc1C. The van der Waals surface area contributed by atoms with Gasteiger partial charge >= 0.3 is 0 Å². The Labute approximate surface area is 186 Å². The van der Waals surface area contributed by atoms with Gasteiger partial charge < -0.3 is 4.98 Å². The molecule has 5 heteroatoms. The number of hydrogen-bond donors (Lipinski definition) is 1. The minimum Gasteiger partial charge on any atom is -0.322 e. The normalized spacial score (nSPS) is 12.1. The maximum atomic E-state index is 13.4. The monoisotopic (exact) mass is 425 g/mol. The first-order chi connectivity index (χ1) is 15.4. The highest BCUT2D eigenvalue weighted by atomic mass is 19.1. The first-order valence-electron chi connectivity index (χ1n) is 10.5. The second kappa shape index (κ2) is 9.17. The van der Waals surface area contributed by atoms with Gasteiger partial charge in [-0.2, -0.15) is 5.26 Å². The average molecular weight is 426 g/mol. The lowest BCUT2D eigenvalue weighted by atomic mass is 10.0. The summed E-state index contributed by atoms with van der Waals surface area (Å²) in [6.45, 7) is 4.90. The van der Waals surface area contributed by atoms with Gasteiger partial charge in [0.1, 0.15) is 11.9 Å². The Bertz CT molecular complexity index is 1340. The maximum absolute atomic E-state index is 13.4. The first kappa shape index (κ1) is 21.5. The van der Waals surface area contributed by atoms with Crippen LogP contribution in [-0.2, 0) is 13.1 Å². The Kier molecular flexibility index (Phi) is 6.16.